The van der Waals surface area contributed by atoms with E-state index >= 15 is 0 Å². The van der Waals surface area contributed by atoms with Gasteiger partial charge in [0.2, 0.25) is 17.7 Å². The number of carbonyl (C=O) groups is 4. The number of benzene rings is 2. The maximum absolute atomic E-state index is 14.3. The number of esters is 1. The number of allylic oxidation sites excluding steroid dienone is 1. The molecule has 0 saturated carbocycles. The fourth-order valence-electron chi connectivity index (χ4n) is 6.25. The van der Waals surface area contributed by atoms with Crippen LogP contribution in [-0.2, 0) is 30.3 Å². The summed E-state index contributed by atoms with van der Waals surface area (Å²) in [4.78, 5) is 59.3. The first-order chi connectivity index (χ1) is 22.7. The number of nitrogens with zero attached hydrogens (tertiary/aromatic N) is 1. The highest BCUT2D eigenvalue weighted by molar-refractivity contribution is 6.32. The van der Waals surface area contributed by atoms with E-state index in [2.05, 4.69) is 15.6 Å². The van der Waals surface area contributed by atoms with Gasteiger partial charge < -0.3 is 30.4 Å². The molecule has 0 aliphatic carbocycles. The van der Waals surface area contributed by atoms with Crippen molar-refractivity contribution in [3.05, 3.63) is 75.4 Å². The van der Waals surface area contributed by atoms with E-state index in [0.717, 1.165) is 16.5 Å². The summed E-state index contributed by atoms with van der Waals surface area (Å²) in [5.74, 6) is -2.63. The zero-order valence-corrected chi connectivity index (χ0v) is 29.6. The molecule has 2 aromatic carbocycles. The average Bonchev–Trinajstić information content (AvgIpc) is 3.36. The molecule has 1 aromatic heterocycles. The lowest BCUT2D eigenvalue weighted by atomic mass is 9.94. The van der Waals surface area contributed by atoms with Crippen molar-refractivity contribution >= 4 is 57.8 Å². The first-order valence-electron chi connectivity index (χ1n) is 16.2. The molecule has 1 aliphatic rings. The summed E-state index contributed by atoms with van der Waals surface area (Å²) in [5.41, 5.74) is 2.81. The molecule has 2 unspecified atom stereocenters. The predicted octanol–water partition coefficient (Wildman–Crippen LogP) is 6.25. The van der Waals surface area contributed by atoms with Crippen molar-refractivity contribution in [2.75, 3.05) is 7.05 Å². The standard InChI is InChI=1S/C36H44Cl2N4O6/c1-7-31-20(3)14-19(2)15-21(4)34(45)39-22(5)36(47)42(6)29(17-25-24-10-8-9-11-27(24)40-33(25)38)35(46)41-28(18-32(44)48-31)23-12-13-30(43)26(37)16-23/h8-14,16,20-22,28-29,31,40,43H,7,15,17-18H2,1-6H3,(H,39,45)(H,41,46)/b19-14+/t20-,21+,22+,28?,29-,31?/m1/s1. The van der Waals surface area contributed by atoms with E-state index in [1.54, 1.807) is 19.9 Å². The second-order valence-electron chi connectivity index (χ2n) is 12.8. The van der Waals surface area contributed by atoms with Crippen LogP contribution in [0.15, 0.2) is 54.1 Å². The number of phenols is 1. The minimum absolute atomic E-state index is 0.0287. The third-order valence-electron chi connectivity index (χ3n) is 8.96. The van der Waals surface area contributed by atoms with Crippen LogP contribution in [-0.4, -0.2) is 63.9 Å². The normalized spacial score (nSPS) is 26.6. The number of hydrogen-bond acceptors (Lipinski definition) is 6. The molecule has 4 N–H and O–H groups in total. The van der Waals surface area contributed by atoms with Gasteiger partial charge in [0, 0.05) is 36.2 Å². The molecule has 0 fully saturated rings. The van der Waals surface area contributed by atoms with E-state index in [0.29, 0.717) is 29.1 Å². The number of para-hydroxylation sites is 1. The lowest BCUT2D eigenvalue weighted by Crippen LogP contribution is -2.55. The van der Waals surface area contributed by atoms with Gasteiger partial charge in [-0.15, -0.1) is 0 Å². The van der Waals surface area contributed by atoms with Gasteiger partial charge >= 0.3 is 5.97 Å². The summed E-state index contributed by atoms with van der Waals surface area (Å²) in [5, 5.41) is 17.0. The Balaban J connectivity index is 1.79. The summed E-state index contributed by atoms with van der Waals surface area (Å²) in [6.45, 7) is 9.18. The second kappa shape index (κ2) is 15.9. The van der Waals surface area contributed by atoms with Gasteiger partial charge in [0.25, 0.3) is 0 Å². The van der Waals surface area contributed by atoms with Crippen molar-refractivity contribution in [1.82, 2.24) is 20.5 Å². The van der Waals surface area contributed by atoms with E-state index in [1.165, 1.54) is 24.1 Å². The summed E-state index contributed by atoms with van der Waals surface area (Å²) in [7, 11) is 1.50. The van der Waals surface area contributed by atoms with E-state index in [-0.39, 0.29) is 35.4 Å². The number of rotatable bonds is 4. The summed E-state index contributed by atoms with van der Waals surface area (Å²) in [6, 6.07) is 8.91. The Kier molecular flexibility index (Phi) is 12.2. The predicted molar refractivity (Wildman–Crippen MR) is 187 cm³/mol. The monoisotopic (exact) mass is 698 g/mol. The molecule has 0 saturated heterocycles. The highest BCUT2D eigenvalue weighted by Gasteiger charge is 2.34. The van der Waals surface area contributed by atoms with Crippen molar-refractivity contribution < 1.29 is 29.0 Å². The van der Waals surface area contributed by atoms with Crippen LogP contribution in [0.25, 0.3) is 10.9 Å². The van der Waals surface area contributed by atoms with Gasteiger partial charge in [-0.25, -0.2) is 0 Å². The Morgan fingerprint density at radius 2 is 1.69 bits per heavy atom. The Bertz CT molecular complexity index is 1700. The van der Waals surface area contributed by atoms with E-state index in [9.17, 15) is 24.3 Å². The Morgan fingerprint density at radius 1 is 0.979 bits per heavy atom. The number of halogens is 2. The van der Waals surface area contributed by atoms with Crippen molar-refractivity contribution in [3.8, 4) is 5.75 Å². The van der Waals surface area contributed by atoms with Gasteiger partial charge in [-0.1, -0.05) is 79.9 Å². The quantitative estimate of drug-likeness (QED) is 0.188. The molecule has 10 nitrogen and oxygen atoms in total. The van der Waals surface area contributed by atoms with Crippen LogP contribution >= 0.6 is 23.2 Å². The zero-order valence-electron chi connectivity index (χ0n) is 28.1. The second-order valence-corrected chi connectivity index (χ2v) is 13.5. The number of aromatic amines is 1. The molecule has 0 spiro atoms. The molecule has 1 aliphatic heterocycles. The number of aromatic nitrogens is 1. The van der Waals surface area contributed by atoms with E-state index in [1.807, 2.05) is 51.1 Å². The van der Waals surface area contributed by atoms with Gasteiger partial charge in [-0.2, -0.15) is 0 Å². The lowest BCUT2D eigenvalue weighted by molar-refractivity contribution is -0.152. The number of hydrogen-bond donors (Lipinski definition) is 4. The van der Waals surface area contributed by atoms with Crippen molar-refractivity contribution in [2.45, 2.75) is 84.5 Å². The number of cyclic esters (lactones) is 1. The molecular weight excluding hydrogens is 655 g/mol. The van der Waals surface area contributed by atoms with Crippen LogP contribution in [0.1, 0.15) is 71.0 Å². The fourth-order valence-corrected chi connectivity index (χ4v) is 6.72. The molecule has 2 heterocycles. The molecule has 4 rings (SSSR count). The number of aromatic hydroxyl groups is 1. The number of amides is 3. The number of carbonyl (C=O) groups excluding carboxylic acids is 4. The molecule has 3 aromatic rings. The smallest absolute Gasteiger partial charge is 0.308 e. The first kappa shape index (κ1) is 36.8. The largest absolute Gasteiger partial charge is 0.506 e. The van der Waals surface area contributed by atoms with Gasteiger partial charge in [0.15, 0.2) is 0 Å². The van der Waals surface area contributed by atoms with Gasteiger partial charge in [-0.3, -0.25) is 19.2 Å². The molecule has 0 radical (unpaired) electrons. The molecule has 12 heteroatoms. The number of fused-ring (bicyclic) bond motifs is 1. The Morgan fingerprint density at radius 3 is 2.38 bits per heavy atom. The van der Waals surface area contributed by atoms with Gasteiger partial charge in [0.05, 0.1) is 17.5 Å². The van der Waals surface area contributed by atoms with Gasteiger partial charge in [-0.05, 0) is 56.0 Å². The Labute approximate surface area is 291 Å². The Hall–Kier alpha value is -4.02. The minimum atomic E-state index is -1.11. The molecule has 3 amide bonds. The number of H-pyrrole nitrogens is 1. The van der Waals surface area contributed by atoms with E-state index in [4.69, 9.17) is 27.9 Å². The lowest BCUT2D eigenvalue weighted by Gasteiger charge is -2.32. The van der Waals surface area contributed by atoms with Crippen LogP contribution in [0.3, 0.4) is 0 Å². The molecular formula is C36H44Cl2N4O6. The molecule has 258 valence electrons. The van der Waals surface area contributed by atoms with Crippen LogP contribution in [0.4, 0.5) is 0 Å². The highest BCUT2D eigenvalue weighted by atomic mass is 35.5. The first-order valence-corrected chi connectivity index (χ1v) is 16.9. The number of ether oxygens (including phenoxy) is 1. The van der Waals surface area contributed by atoms with Crippen molar-refractivity contribution in [3.63, 3.8) is 0 Å². The summed E-state index contributed by atoms with van der Waals surface area (Å²) in [6.07, 6.45) is 2.34. The van der Waals surface area contributed by atoms with Crippen LogP contribution < -0.4 is 10.6 Å². The fraction of sp³-hybridized carbons (Fsp3) is 0.444. The summed E-state index contributed by atoms with van der Waals surface area (Å²) < 4.78 is 5.94. The SMILES string of the molecule is CCC1OC(=O)CC(c2ccc(O)c(Cl)c2)NC(=O)[C@@H](Cc2c(Cl)[nH]c3ccccc23)N(C)C(=O)[C@H](C)NC(=O)[C@@H](C)C/C(C)=C/[C@H]1C. The highest BCUT2D eigenvalue weighted by Crippen LogP contribution is 2.31. The maximum atomic E-state index is 14.3. The molecule has 0 bridgehead atoms. The van der Waals surface area contributed by atoms with E-state index < -0.39 is 47.9 Å². The summed E-state index contributed by atoms with van der Waals surface area (Å²) >= 11 is 12.9. The zero-order chi connectivity index (χ0) is 35.3. The number of phenolic OH excluding ortho intramolecular Hbond substituents is 1. The number of likely N-dealkylation sites (N-methyl/N-ethyl adjacent to an activating group) is 1. The van der Waals surface area contributed by atoms with Gasteiger partial charge in [0.1, 0.15) is 29.1 Å². The van der Waals surface area contributed by atoms with Crippen molar-refractivity contribution in [2.24, 2.45) is 11.8 Å². The third kappa shape index (κ3) is 8.71. The van der Waals surface area contributed by atoms with Crippen LogP contribution in [0.2, 0.25) is 10.2 Å². The van der Waals surface area contributed by atoms with Crippen molar-refractivity contribution in [1.29, 1.82) is 0 Å². The minimum Gasteiger partial charge on any atom is -0.506 e. The van der Waals surface area contributed by atoms with Crippen LogP contribution in [0, 0.1) is 11.8 Å². The maximum Gasteiger partial charge on any atom is 0.308 e. The van der Waals surface area contributed by atoms with Crippen LogP contribution in [0.5, 0.6) is 5.75 Å². The number of nitrogens with one attached hydrogen (secondary N) is 3. The topological polar surface area (TPSA) is 141 Å². The average molecular weight is 700 g/mol. The third-order valence-corrected chi connectivity index (χ3v) is 9.59. The molecule has 48 heavy (non-hydrogen) atoms. The molecule has 6 atom stereocenters.